The highest BCUT2D eigenvalue weighted by atomic mass is 79.9. The molecular formula is C13H18BrNO. The van der Waals surface area contributed by atoms with Crippen molar-refractivity contribution in [1.29, 1.82) is 0 Å². The quantitative estimate of drug-likeness (QED) is 0.901. The van der Waals surface area contributed by atoms with Gasteiger partial charge in [0.15, 0.2) is 0 Å². The van der Waals surface area contributed by atoms with E-state index in [2.05, 4.69) is 52.1 Å². The van der Waals surface area contributed by atoms with Gasteiger partial charge in [-0.15, -0.1) is 0 Å². The minimum Gasteiger partial charge on any atom is -0.395 e. The van der Waals surface area contributed by atoms with E-state index in [1.165, 1.54) is 5.56 Å². The van der Waals surface area contributed by atoms with Crippen molar-refractivity contribution in [3.63, 3.8) is 0 Å². The Kier molecular flexibility index (Phi) is 3.67. The first-order valence-corrected chi connectivity index (χ1v) is 6.51. The second kappa shape index (κ2) is 4.86. The van der Waals surface area contributed by atoms with Crippen molar-refractivity contribution in [2.45, 2.75) is 18.3 Å². The number of aliphatic hydroxyl groups is 1. The molecule has 0 saturated carbocycles. The highest BCUT2D eigenvalue weighted by Gasteiger charge is 2.35. The van der Waals surface area contributed by atoms with Crippen LogP contribution in [-0.4, -0.2) is 36.8 Å². The Labute approximate surface area is 105 Å². The van der Waals surface area contributed by atoms with Crippen LogP contribution in [0.25, 0.3) is 0 Å². The number of rotatable bonds is 2. The highest BCUT2D eigenvalue weighted by Crippen LogP contribution is 2.33. The van der Waals surface area contributed by atoms with Crippen LogP contribution in [-0.2, 0) is 5.41 Å². The Morgan fingerprint density at radius 3 is 2.62 bits per heavy atom. The average molecular weight is 284 g/mol. The van der Waals surface area contributed by atoms with E-state index in [-0.39, 0.29) is 12.0 Å². The second-order valence-corrected chi connectivity index (χ2v) is 5.70. The van der Waals surface area contributed by atoms with Crippen molar-refractivity contribution in [2.24, 2.45) is 0 Å². The minimum atomic E-state index is -0.0618. The van der Waals surface area contributed by atoms with Crippen molar-refractivity contribution >= 4 is 15.9 Å². The van der Waals surface area contributed by atoms with Crippen LogP contribution in [0, 0.1) is 0 Å². The summed E-state index contributed by atoms with van der Waals surface area (Å²) in [6.07, 6.45) is 2.24. The van der Waals surface area contributed by atoms with Crippen molar-refractivity contribution in [1.82, 2.24) is 4.90 Å². The number of hydrogen-bond acceptors (Lipinski definition) is 2. The summed E-state index contributed by atoms with van der Waals surface area (Å²) >= 11 is 3.45. The van der Waals surface area contributed by atoms with E-state index in [1.807, 2.05) is 0 Å². The summed E-state index contributed by atoms with van der Waals surface area (Å²) in [5.41, 5.74) is 1.19. The maximum Gasteiger partial charge on any atom is 0.0540 e. The van der Waals surface area contributed by atoms with Crippen molar-refractivity contribution in [3.05, 3.63) is 34.3 Å². The first-order chi connectivity index (χ1) is 7.66. The van der Waals surface area contributed by atoms with Crippen LogP contribution in [0.15, 0.2) is 28.7 Å². The molecule has 0 spiro atoms. The zero-order valence-electron chi connectivity index (χ0n) is 9.62. The predicted octanol–water partition coefficient (Wildman–Crippen LogP) is 2.40. The third-order valence-electron chi connectivity index (χ3n) is 3.53. The molecule has 0 aromatic heterocycles. The van der Waals surface area contributed by atoms with Gasteiger partial charge in [-0.2, -0.15) is 0 Å². The summed E-state index contributed by atoms with van der Waals surface area (Å²) in [5, 5.41) is 9.74. The molecule has 0 bridgehead atoms. The SMILES string of the molecule is CN1CCCC(CO)(c2ccc(Br)cc2)C1. The van der Waals surface area contributed by atoms with E-state index >= 15 is 0 Å². The Morgan fingerprint density at radius 1 is 1.38 bits per heavy atom. The van der Waals surface area contributed by atoms with Crippen LogP contribution >= 0.6 is 15.9 Å². The van der Waals surface area contributed by atoms with Gasteiger partial charge >= 0.3 is 0 Å². The average Bonchev–Trinajstić information content (AvgIpc) is 2.29. The number of hydrogen-bond donors (Lipinski definition) is 1. The summed E-state index contributed by atoms with van der Waals surface area (Å²) in [7, 11) is 2.13. The molecule has 1 heterocycles. The first kappa shape index (κ1) is 12.1. The van der Waals surface area contributed by atoms with Crippen LogP contribution in [0.2, 0.25) is 0 Å². The highest BCUT2D eigenvalue weighted by molar-refractivity contribution is 9.10. The van der Waals surface area contributed by atoms with Crippen LogP contribution in [0.3, 0.4) is 0 Å². The summed E-state index contributed by atoms with van der Waals surface area (Å²) in [4.78, 5) is 2.31. The fraction of sp³-hybridized carbons (Fsp3) is 0.538. The number of likely N-dealkylation sites (N-methyl/N-ethyl adjacent to an activating group) is 1. The summed E-state index contributed by atoms with van der Waals surface area (Å²) < 4.78 is 1.09. The summed E-state index contributed by atoms with van der Waals surface area (Å²) in [5.74, 6) is 0. The topological polar surface area (TPSA) is 23.5 Å². The first-order valence-electron chi connectivity index (χ1n) is 5.72. The Hall–Kier alpha value is -0.380. The van der Waals surface area contributed by atoms with Crippen LogP contribution in [0.1, 0.15) is 18.4 Å². The number of halogens is 1. The molecule has 1 saturated heterocycles. The maximum absolute atomic E-state index is 9.74. The van der Waals surface area contributed by atoms with E-state index in [4.69, 9.17) is 0 Å². The minimum absolute atomic E-state index is 0.0618. The molecule has 1 fully saturated rings. The van der Waals surface area contributed by atoms with Gasteiger partial charge in [-0.25, -0.2) is 0 Å². The molecular weight excluding hydrogens is 266 g/mol. The van der Waals surface area contributed by atoms with Gasteiger partial charge in [0.25, 0.3) is 0 Å². The monoisotopic (exact) mass is 283 g/mol. The standard InChI is InChI=1S/C13H18BrNO/c1-15-8-2-7-13(9-15,10-16)11-3-5-12(14)6-4-11/h3-6,16H,2,7-10H2,1H3. The lowest BCUT2D eigenvalue weighted by molar-refractivity contribution is 0.105. The number of piperidine rings is 1. The van der Waals surface area contributed by atoms with Crippen molar-refractivity contribution < 1.29 is 5.11 Å². The van der Waals surface area contributed by atoms with Gasteiger partial charge in [-0.1, -0.05) is 28.1 Å². The lowest BCUT2D eigenvalue weighted by atomic mass is 9.75. The van der Waals surface area contributed by atoms with E-state index < -0.39 is 0 Å². The Balaban J connectivity index is 2.29. The molecule has 88 valence electrons. The van der Waals surface area contributed by atoms with Crippen molar-refractivity contribution in [3.8, 4) is 0 Å². The number of aliphatic hydroxyl groups excluding tert-OH is 1. The normalized spacial score (nSPS) is 26.9. The smallest absolute Gasteiger partial charge is 0.0540 e. The van der Waals surface area contributed by atoms with Gasteiger partial charge in [0.2, 0.25) is 0 Å². The van der Waals surface area contributed by atoms with E-state index in [1.54, 1.807) is 0 Å². The molecule has 0 aliphatic carbocycles. The lowest BCUT2D eigenvalue weighted by Crippen LogP contribution is -2.46. The molecule has 1 aromatic rings. The van der Waals surface area contributed by atoms with Gasteiger partial charge < -0.3 is 10.0 Å². The molecule has 1 unspecified atom stereocenters. The molecule has 1 atom stereocenters. The zero-order chi connectivity index (χ0) is 11.6. The van der Waals surface area contributed by atoms with Crippen LogP contribution in [0.4, 0.5) is 0 Å². The molecule has 1 aliphatic rings. The lowest BCUT2D eigenvalue weighted by Gasteiger charge is -2.40. The Bertz CT molecular complexity index is 351. The molecule has 0 radical (unpaired) electrons. The largest absolute Gasteiger partial charge is 0.395 e. The van der Waals surface area contributed by atoms with Gasteiger partial charge in [-0.05, 0) is 44.1 Å². The maximum atomic E-state index is 9.74. The van der Waals surface area contributed by atoms with Crippen LogP contribution in [0.5, 0.6) is 0 Å². The van der Waals surface area contributed by atoms with E-state index in [0.717, 1.165) is 30.4 Å². The van der Waals surface area contributed by atoms with Gasteiger partial charge in [0.05, 0.1) is 6.61 Å². The third-order valence-corrected chi connectivity index (χ3v) is 4.06. The van der Waals surface area contributed by atoms with Crippen LogP contribution < -0.4 is 0 Å². The van der Waals surface area contributed by atoms with Gasteiger partial charge in [0, 0.05) is 16.4 Å². The summed E-state index contributed by atoms with van der Waals surface area (Å²) in [6, 6.07) is 8.36. The Morgan fingerprint density at radius 2 is 2.06 bits per heavy atom. The molecule has 1 aromatic carbocycles. The fourth-order valence-corrected chi connectivity index (χ4v) is 2.89. The molecule has 1 aliphatic heterocycles. The second-order valence-electron chi connectivity index (χ2n) is 4.79. The zero-order valence-corrected chi connectivity index (χ0v) is 11.2. The fourth-order valence-electron chi connectivity index (χ4n) is 2.62. The van der Waals surface area contributed by atoms with E-state index in [9.17, 15) is 5.11 Å². The molecule has 16 heavy (non-hydrogen) atoms. The predicted molar refractivity (Wildman–Crippen MR) is 69.6 cm³/mol. The number of likely N-dealkylation sites (tertiary alicyclic amines) is 1. The summed E-state index contributed by atoms with van der Waals surface area (Å²) in [6.45, 7) is 2.32. The molecule has 2 nitrogen and oxygen atoms in total. The molecule has 1 N–H and O–H groups in total. The van der Waals surface area contributed by atoms with Gasteiger partial charge in [0.1, 0.15) is 0 Å². The molecule has 3 heteroatoms. The van der Waals surface area contributed by atoms with Gasteiger partial charge in [-0.3, -0.25) is 0 Å². The van der Waals surface area contributed by atoms with E-state index in [0.29, 0.717) is 0 Å². The number of benzene rings is 1. The molecule has 2 rings (SSSR count). The van der Waals surface area contributed by atoms with Crippen molar-refractivity contribution in [2.75, 3.05) is 26.7 Å². The third kappa shape index (κ3) is 2.31. The molecule has 0 amide bonds. The number of nitrogens with zero attached hydrogens (tertiary/aromatic N) is 1.